The molecular formula is C15H14N4O. The third-order valence-electron chi connectivity index (χ3n) is 3.17. The number of pyridine rings is 1. The number of amides is 1. The predicted molar refractivity (Wildman–Crippen MR) is 79.7 cm³/mol. The van der Waals surface area contributed by atoms with Crippen LogP contribution >= 0.6 is 0 Å². The van der Waals surface area contributed by atoms with Crippen molar-refractivity contribution >= 4 is 28.3 Å². The van der Waals surface area contributed by atoms with E-state index in [2.05, 4.69) is 9.97 Å². The molecule has 0 bridgehead atoms. The number of hydrogen-bond donors (Lipinski definition) is 2. The summed E-state index contributed by atoms with van der Waals surface area (Å²) < 4.78 is 0. The fourth-order valence-electron chi connectivity index (χ4n) is 2.10. The van der Waals surface area contributed by atoms with Gasteiger partial charge in [0, 0.05) is 29.8 Å². The Kier molecular flexibility index (Phi) is 2.87. The number of H-pyrrole nitrogens is 1. The minimum absolute atomic E-state index is 0.140. The van der Waals surface area contributed by atoms with E-state index in [9.17, 15) is 4.79 Å². The fourth-order valence-corrected chi connectivity index (χ4v) is 2.10. The Morgan fingerprint density at radius 2 is 2.10 bits per heavy atom. The predicted octanol–water partition coefficient (Wildman–Crippen LogP) is 2.42. The quantitative estimate of drug-likeness (QED) is 0.699. The summed E-state index contributed by atoms with van der Waals surface area (Å²) in [5.41, 5.74) is 7.81. The first-order valence-electron chi connectivity index (χ1n) is 6.22. The Morgan fingerprint density at radius 3 is 2.85 bits per heavy atom. The first-order chi connectivity index (χ1) is 9.65. The number of carbonyl (C=O) groups excluding carboxylic acids is 1. The Hall–Kier alpha value is -2.82. The van der Waals surface area contributed by atoms with E-state index in [0.29, 0.717) is 17.2 Å². The Bertz CT molecular complexity index is 764. The molecule has 20 heavy (non-hydrogen) atoms. The number of aromatic amines is 1. The molecule has 0 spiro atoms. The molecule has 3 N–H and O–H groups in total. The molecule has 0 aliphatic heterocycles. The number of nitrogen functional groups attached to an aromatic ring is 1. The molecular weight excluding hydrogens is 252 g/mol. The molecule has 1 amide bonds. The zero-order valence-electron chi connectivity index (χ0n) is 11.0. The molecule has 0 aliphatic rings. The van der Waals surface area contributed by atoms with Gasteiger partial charge in [0.2, 0.25) is 0 Å². The molecule has 3 aromatic rings. The number of anilines is 2. The van der Waals surface area contributed by atoms with Crippen molar-refractivity contribution in [2.75, 3.05) is 17.7 Å². The maximum absolute atomic E-state index is 12.4. The van der Waals surface area contributed by atoms with Gasteiger partial charge < -0.3 is 10.7 Å². The van der Waals surface area contributed by atoms with Crippen molar-refractivity contribution in [2.24, 2.45) is 0 Å². The molecule has 0 unspecified atom stereocenters. The maximum atomic E-state index is 12.4. The molecule has 1 aromatic carbocycles. The van der Waals surface area contributed by atoms with Crippen LogP contribution in [0.3, 0.4) is 0 Å². The number of benzene rings is 1. The Morgan fingerprint density at radius 1 is 1.25 bits per heavy atom. The molecule has 0 saturated carbocycles. The summed E-state index contributed by atoms with van der Waals surface area (Å²) in [6, 6.07) is 12.7. The zero-order chi connectivity index (χ0) is 14.1. The van der Waals surface area contributed by atoms with Crippen molar-refractivity contribution in [1.82, 2.24) is 9.97 Å². The van der Waals surface area contributed by atoms with E-state index in [0.717, 1.165) is 10.9 Å². The highest BCUT2D eigenvalue weighted by atomic mass is 16.2. The summed E-state index contributed by atoms with van der Waals surface area (Å²) >= 11 is 0. The van der Waals surface area contributed by atoms with Crippen molar-refractivity contribution in [3.8, 4) is 0 Å². The van der Waals surface area contributed by atoms with Gasteiger partial charge in [-0.2, -0.15) is 0 Å². The minimum atomic E-state index is -0.140. The largest absolute Gasteiger partial charge is 0.399 e. The maximum Gasteiger partial charge on any atom is 0.275 e. The standard InChI is InChI=1S/C15H14N4O/c1-19(14-4-2-3-7-17-14)15(20)13-9-10-8-11(16)5-6-12(10)18-13/h2-9,18H,16H2,1H3. The van der Waals surface area contributed by atoms with E-state index in [4.69, 9.17) is 5.73 Å². The topological polar surface area (TPSA) is 75.0 Å². The van der Waals surface area contributed by atoms with Gasteiger partial charge in [-0.25, -0.2) is 4.98 Å². The Labute approximate surface area is 116 Å². The number of carbonyl (C=O) groups is 1. The lowest BCUT2D eigenvalue weighted by molar-refractivity contribution is 0.0988. The number of nitrogens with zero attached hydrogens (tertiary/aromatic N) is 2. The van der Waals surface area contributed by atoms with Crippen molar-refractivity contribution in [2.45, 2.75) is 0 Å². The van der Waals surface area contributed by atoms with Crippen LogP contribution in [-0.4, -0.2) is 22.9 Å². The summed E-state index contributed by atoms with van der Waals surface area (Å²) in [5, 5.41) is 0.919. The van der Waals surface area contributed by atoms with Crippen LogP contribution in [-0.2, 0) is 0 Å². The average molecular weight is 266 g/mol. The van der Waals surface area contributed by atoms with Crippen LogP contribution in [0.15, 0.2) is 48.7 Å². The van der Waals surface area contributed by atoms with E-state index in [1.165, 1.54) is 4.90 Å². The first-order valence-corrected chi connectivity index (χ1v) is 6.22. The van der Waals surface area contributed by atoms with Crippen LogP contribution < -0.4 is 10.6 Å². The second kappa shape index (κ2) is 4.70. The molecule has 5 heteroatoms. The summed E-state index contributed by atoms with van der Waals surface area (Å²) in [7, 11) is 1.70. The molecule has 0 saturated heterocycles. The zero-order valence-corrected chi connectivity index (χ0v) is 11.0. The van der Waals surface area contributed by atoms with Gasteiger partial charge in [-0.1, -0.05) is 6.07 Å². The second-order valence-corrected chi connectivity index (χ2v) is 4.58. The number of hydrogen-bond acceptors (Lipinski definition) is 3. The highest BCUT2D eigenvalue weighted by Crippen LogP contribution is 2.20. The van der Waals surface area contributed by atoms with E-state index >= 15 is 0 Å². The van der Waals surface area contributed by atoms with Gasteiger partial charge in [0.1, 0.15) is 11.5 Å². The van der Waals surface area contributed by atoms with Crippen molar-refractivity contribution < 1.29 is 4.79 Å². The van der Waals surface area contributed by atoms with Crippen LogP contribution in [0.5, 0.6) is 0 Å². The van der Waals surface area contributed by atoms with Gasteiger partial charge in [-0.3, -0.25) is 9.69 Å². The van der Waals surface area contributed by atoms with Crippen molar-refractivity contribution in [3.05, 3.63) is 54.4 Å². The second-order valence-electron chi connectivity index (χ2n) is 4.58. The summed E-state index contributed by atoms with van der Waals surface area (Å²) in [5.74, 6) is 0.467. The highest BCUT2D eigenvalue weighted by Gasteiger charge is 2.16. The minimum Gasteiger partial charge on any atom is -0.399 e. The van der Waals surface area contributed by atoms with Crippen molar-refractivity contribution in [3.63, 3.8) is 0 Å². The first kappa shape index (κ1) is 12.2. The number of fused-ring (bicyclic) bond motifs is 1. The van der Waals surface area contributed by atoms with Crippen LogP contribution in [0.4, 0.5) is 11.5 Å². The number of nitrogens with one attached hydrogen (secondary N) is 1. The molecule has 3 rings (SSSR count). The Balaban J connectivity index is 1.96. The summed E-state index contributed by atoms with van der Waals surface area (Å²) in [6.45, 7) is 0. The fraction of sp³-hybridized carbons (Fsp3) is 0.0667. The number of nitrogens with two attached hydrogens (primary N) is 1. The molecule has 100 valence electrons. The van der Waals surface area contributed by atoms with Gasteiger partial charge in [0.25, 0.3) is 5.91 Å². The molecule has 0 aliphatic carbocycles. The van der Waals surface area contributed by atoms with Crippen molar-refractivity contribution in [1.29, 1.82) is 0 Å². The SMILES string of the molecule is CN(C(=O)c1cc2cc(N)ccc2[nH]1)c1ccccn1. The lowest BCUT2D eigenvalue weighted by atomic mass is 10.2. The third-order valence-corrected chi connectivity index (χ3v) is 3.17. The molecule has 5 nitrogen and oxygen atoms in total. The van der Waals surface area contributed by atoms with Crippen LogP contribution in [0, 0.1) is 0 Å². The van der Waals surface area contributed by atoms with Crippen LogP contribution in [0.25, 0.3) is 10.9 Å². The molecule has 0 atom stereocenters. The molecule has 0 fully saturated rings. The van der Waals surface area contributed by atoms with Gasteiger partial charge in [-0.15, -0.1) is 0 Å². The van der Waals surface area contributed by atoms with E-state index in [-0.39, 0.29) is 5.91 Å². The highest BCUT2D eigenvalue weighted by molar-refractivity contribution is 6.06. The van der Waals surface area contributed by atoms with Gasteiger partial charge >= 0.3 is 0 Å². The molecule has 2 aromatic heterocycles. The van der Waals surface area contributed by atoms with E-state index in [1.807, 2.05) is 24.3 Å². The smallest absolute Gasteiger partial charge is 0.275 e. The number of rotatable bonds is 2. The van der Waals surface area contributed by atoms with E-state index in [1.54, 1.807) is 31.4 Å². The average Bonchev–Trinajstić information content (AvgIpc) is 2.89. The third kappa shape index (κ3) is 2.09. The molecule has 2 heterocycles. The number of aromatic nitrogens is 2. The normalized spacial score (nSPS) is 10.7. The van der Waals surface area contributed by atoms with Gasteiger partial charge in [0.15, 0.2) is 0 Å². The van der Waals surface area contributed by atoms with E-state index < -0.39 is 0 Å². The van der Waals surface area contributed by atoms with Crippen LogP contribution in [0.1, 0.15) is 10.5 Å². The van der Waals surface area contributed by atoms with Gasteiger partial charge in [0.05, 0.1) is 0 Å². The van der Waals surface area contributed by atoms with Gasteiger partial charge in [-0.05, 0) is 36.4 Å². The summed E-state index contributed by atoms with van der Waals surface area (Å²) in [4.78, 5) is 21.2. The lowest BCUT2D eigenvalue weighted by Gasteiger charge is -2.14. The summed E-state index contributed by atoms with van der Waals surface area (Å²) in [6.07, 6.45) is 1.66. The van der Waals surface area contributed by atoms with Crippen LogP contribution in [0.2, 0.25) is 0 Å². The lowest BCUT2D eigenvalue weighted by Crippen LogP contribution is -2.27. The monoisotopic (exact) mass is 266 g/mol. The molecule has 0 radical (unpaired) electrons.